The second-order valence-electron chi connectivity index (χ2n) is 5.97. The molecule has 0 aliphatic rings. The van der Waals surface area contributed by atoms with Gasteiger partial charge in [0.15, 0.2) is 0 Å². The van der Waals surface area contributed by atoms with Gasteiger partial charge in [-0.05, 0) is 26.2 Å². The smallest absolute Gasteiger partial charge is 0.139 e. The summed E-state index contributed by atoms with van der Waals surface area (Å²) in [7, 11) is 4.01. The number of pyridine rings is 1. The van der Waals surface area contributed by atoms with Crippen LogP contribution in [0.2, 0.25) is 0 Å². The molecule has 2 aromatic rings. The van der Waals surface area contributed by atoms with Crippen molar-refractivity contribution in [3.63, 3.8) is 0 Å². The SMILES string of the molecule is CN(C)Cc1c(C(C)(C)C)nc2ccc(F)cn12. The highest BCUT2D eigenvalue weighted by molar-refractivity contribution is 5.45. The minimum absolute atomic E-state index is 0.0478. The van der Waals surface area contributed by atoms with Crippen molar-refractivity contribution in [3.05, 3.63) is 35.5 Å². The fourth-order valence-corrected chi connectivity index (χ4v) is 2.12. The summed E-state index contributed by atoms with van der Waals surface area (Å²) in [6.07, 6.45) is 1.51. The molecule has 18 heavy (non-hydrogen) atoms. The molecule has 0 bridgehead atoms. The minimum Gasteiger partial charge on any atom is -0.304 e. The van der Waals surface area contributed by atoms with Gasteiger partial charge in [-0.25, -0.2) is 9.37 Å². The molecule has 0 atom stereocenters. The summed E-state index contributed by atoms with van der Waals surface area (Å²) in [5.41, 5.74) is 2.84. The van der Waals surface area contributed by atoms with E-state index in [-0.39, 0.29) is 11.2 Å². The molecule has 98 valence electrons. The molecule has 0 aliphatic carbocycles. The molecule has 3 nitrogen and oxygen atoms in total. The van der Waals surface area contributed by atoms with E-state index < -0.39 is 0 Å². The van der Waals surface area contributed by atoms with Crippen LogP contribution in [0.15, 0.2) is 18.3 Å². The molecule has 2 heterocycles. The highest BCUT2D eigenvalue weighted by atomic mass is 19.1. The maximum Gasteiger partial charge on any atom is 0.139 e. The summed E-state index contributed by atoms with van der Waals surface area (Å²) >= 11 is 0. The molecule has 0 amide bonds. The molecule has 0 aromatic carbocycles. The first-order chi connectivity index (χ1) is 8.29. The summed E-state index contributed by atoms with van der Waals surface area (Å²) in [6.45, 7) is 7.14. The first-order valence-electron chi connectivity index (χ1n) is 6.11. The average Bonchev–Trinajstić information content (AvgIpc) is 2.56. The van der Waals surface area contributed by atoms with Gasteiger partial charge in [0.1, 0.15) is 11.5 Å². The number of hydrogen-bond donors (Lipinski definition) is 0. The number of rotatable bonds is 2. The van der Waals surface area contributed by atoms with Gasteiger partial charge in [-0.15, -0.1) is 0 Å². The van der Waals surface area contributed by atoms with Gasteiger partial charge in [0, 0.05) is 18.2 Å². The van der Waals surface area contributed by atoms with Crippen molar-refractivity contribution in [1.82, 2.24) is 14.3 Å². The summed E-state index contributed by atoms with van der Waals surface area (Å²) in [6, 6.07) is 3.18. The second-order valence-corrected chi connectivity index (χ2v) is 5.97. The molecule has 0 spiro atoms. The van der Waals surface area contributed by atoms with Gasteiger partial charge >= 0.3 is 0 Å². The Morgan fingerprint density at radius 1 is 1.28 bits per heavy atom. The number of hydrogen-bond acceptors (Lipinski definition) is 2. The lowest BCUT2D eigenvalue weighted by molar-refractivity contribution is 0.388. The predicted octanol–water partition coefficient (Wildman–Crippen LogP) is 2.83. The van der Waals surface area contributed by atoms with Crippen LogP contribution in [-0.2, 0) is 12.0 Å². The van der Waals surface area contributed by atoms with E-state index in [0.29, 0.717) is 0 Å². The van der Waals surface area contributed by atoms with Crippen LogP contribution >= 0.6 is 0 Å². The standard InChI is InChI=1S/C14H20FN3/c1-14(2,3)13-11(9-17(4)5)18-8-10(15)6-7-12(18)16-13/h6-8H,9H2,1-5H3. The van der Waals surface area contributed by atoms with Crippen molar-refractivity contribution < 1.29 is 4.39 Å². The van der Waals surface area contributed by atoms with Crippen molar-refractivity contribution in [2.45, 2.75) is 32.7 Å². The Hall–Kier alpha value is -1.42. The largest absolute Gasteiger partial charge is 0.304 e. The monoisotopic (exact) mass is 249 g/mol. The number of halogens is 1. The number of aromatic nitrogens is 2. The van der Waals surface area contributed by atoms with Crippen molar-refractivity contribution in [2.24, 2.45) is 0 Å². The van der Waals surface area contributed by atoms with Crippen LogP contribution in [0.1, 0.15) is 32.2 Å². The van der Waals surface area contributed by atoms with E-state index in [1.165, 1.54) is 12.3 Å². The van der Waals surface area contributed by atoms with Gasteiger partial charge in [-0.3, -0.25) is 4.40 Å². The Bertz CT molecular complexity index is 564. The minimum atomic E-state index is -0.236. The first-order valence-corrected chi connectivity index (χ1v) is 6.11. The molecule has 2 rings (SSSR count). The lowest BCUT2D eigenvalue weighted by Gasteiger charge is -2.19. The predicted molar refractivity (Wildman–Crippen MR) is 71.2 cm³/mol. The molecule has 0 fully saturated rings. The molecule has 0 aliphatic heterocycles. The quantitative estimate of drug-likeness (QED) is 0.816. The van der Waals surface area contributed by atoms with E-state index in [2.05, 4.69) is 30.7 Å². The second kappa shape index (κ2) is 4.35. The van der Waals surface area contributed by atoms with Gasteiger partial charge in [-0.2, -0.15) is 0 Å². The summed E-state index contributed by atoms with van der Waals surface area (Å²) in [5, 5.41) is 0. The molecule has 4 heteroatoms. The van der Waals surface area contributed by atoms with Crippen molar-refractivity contribution in [2.75, 3.05) is 14.1 Å². The zero-order valence-electron chi connectivity index (χ0n) is 11.7. The third kappa shape index (κ3) is 2.38. The van der Waals surface area contributed by atoms with Crippen molar-refractivity contribution in [1.29, 1.82) is 0 Å². The first kappa shape index (κ1) is 13.0. The zero-order chi connectivity index (χ0) is 13.5. The van der Waals surface area contributed by atoms with Crippen LogP contribution in [-0.4, -0.2) is 28.4 Å². The Morgan fingerprint density at radius 3 is 2.50 bits per heavy atom. The molecular weight excluding hydrogens is 229 g/mol. The van der Waals surface area contributed by atoms with Crippen LogP contribution < -0.4 is 0 Å². The zero-order valence-corrected chi connectivity index (χ0v) is 11.7. The van der Waals surface area contributed by atoms with Crippen LogP contribution in [0.25, 0.3) is 5.65 Å². The van der Waals surface area contributed by atoms with Crippen molar-refractivity contribution >= 4 is 5.65 Å². The number of imidazole rings is 1. The Labute approximate surface area is 107 Å². The topological polar surface area (TPSA) is 20.5 Å². The normalized spacial score (nSPS) is 12.6. The van der Waals surface area contributed by atoms with Gasteiger partial charge in [0.05, 0.1) is 11.4 Å². The molecule has 0 saturated carbocycles. The van der Waals surface area contributed by atoms with E-state index in [9.17, 15) is 4.39 Å². The summed E-state index contributed by atoms with van der Waals surface area (Å²) in [5.74, 6) is -0.236. The van der Waals surface area contributed by atoms with Gasteiger partial charge in [0.25, 0.3) is 0 Å². The fraction of sp³-hybridized carbons (Fsp3) is 0.500. The van der Waals surface area contributed by atoms with E-state index in [0.717, 1.165) is 23.6 Å². The van der Waals surface area contributed by atoms with E-state index in [1.807, 2.05) is 18.5 Å². The van der Waals surface area contributed by atoms with Crippen molar-refractivity contribution in [3.8, 4) is 0 Å². The fourth-order valence-electron chi connectivity index (χ4n) is 2.12. The summed E-state index contributed by atoms with van der Waals surface area (Å²) in [4.78, 5) is 6.72. The van der Waals surface area contributed by atoms with Crippen LogP contribution in [0.4, 0.5) is 4.39 Å². The van der Waals surface area contributed by atoms with Crippen LogP contribution in [0, 0.1) is 5.82 Å². The summed E-state index contributed by atoms with van der Waals surface area (Å²) < 4.78 is 15.3. The van der Waals surface area contributed by atoms with Gasteiger partial charge < -0.3 is 4.90 Å². The van der Waals surface area contributed by atoms with E-state index in [1.54, 1.807) is 6.07 Å². The van der Waals surface area contributed by atoms with Gasteiger partial charge in [0.2, 0.25) is 0 Å². The molecule has 0 saturated heterocycles. The maximum absolute atomic E-state index is 13.4. The van der Waals surface area contributed by atoms with Crippen LogP contribution in [0.5, 0.6) is 0 Å². The lowest BCUT2D eigenvalue weighted by atomic mass is 9.90. The highest BCUT2D eigenvalue weighted by Gasteiger charge is 2.24. The average molecular weight is 249 g/mol. The van der Waals surface area contributed by atoms with E-state index in [4.69, 9.17) is 0 Å². The highest BCUT2D eigenvalue weighted by Crippen LogP contribution is 2.27. The molecule has 0 N–H and O–H groups in total. The molecule has 2 aromatic heterocycles. The van der Waals surface area contributed by atoms with Gasteiger partial charge in [-0.1, -0.05) is 20.8 Å². The number of nitrogens with zero attached hydrogens (tertiary/aromatic N) is 3. The molecular formula is C14H20FN3. The molecule has 0 radical (unpaired) electrons. The Morgan fingerprint density at radius 2 is 1.94 bits per heavy atom. The third-order valence-corrected chi connectivity index (χ3v) is 2.86. The molecule has 0 unspecified atom stereocenters. The third-order valence-electron chi connectivity index (χ3n) is 2.86. The maximum atomic E-state index is 13.4. The Kier molecular flexibility index (Phi) is 3.15. The lowest BCUT2D eigenvalue weighted by Crippen LogP contribution is -2.19. The number of fused-ring (bicyclic) bond motifs is 1. The van der Waals surface area contributed by atoms with E-state index >= 15 is 0 Å². The Balaban J connectivity index is 2.69. The van der Waals surface area contributed by atoms with Crippen LogP contribution in [0.3, 0.4) is 0 Å².